The Kier molecular flexibility index (Phi) is 3.66. The van der Waals surface area contributed by atoms with Gasteiger partial charge < -0.3 is 14.3 Å². The molecule has 0 spiro atoms. The van der Waals surface area contributed by atoms with Crippen molar-refractivity contribution in [1.29, 1.82) is 0 Å². The van der Waals surface area contributed by atoms with E-state index in [1.54, 1.807) is 31.2 Å². The number of carboxylic acid groups (broad SMARTS) is 1. The van der Waals surface area contributed by atoms with Crippen LogP contribution in [0.5, 0.6) is 5.75 Å². The second-order valence-electron chi connectivity index (χ2n) is 3.97. The quantitative estimate of drug-likeness (QED) is 0.836. The van der Waals surface area contributed by atoms with E-state index in [0.29, 0.717) is 22.8 Å². The molecule has 1 aromatic heterocycles. The number of aryl methyl sites for hydroxylation is 1. The molecule has 5 nitrogen and oxygen atoms in total. The average Bonchev–Trinajstić information content (AvgIpc) is 2.78. The molecular weight excluding hydrogens is 248 g/mol. The van der Waals surface area contributed by atoms with Gasteiger partial charge in [0, 0.05) is 5.56 Å². The van der Waals surface area contributed by atoms with Crippen molar-refractivity contribution < 1.29 is 23.8 Å². The molecule has 1 heterocycles. The standard InChI is InChI=1S/C14H12O5/c1-9-13(14(16)17)6-12(19-9)8-18-11-4-2-3-10(5-11)7-15/h2-7H,8H2,1H3,(H,16,17). The van der Waals surface area contributed by atoms with E-state index >= 15 is 0 Å². The van der Waals surface area contributed by atoms with Crippen molar-refractivity contribution in [3.63, 3.8) is 0 Å². The number of carbonyl (C=O) groups excluding carboxylic acids is 1. The molecule has 1 N–H and O–H groups in total. The van der Waals surface area contributed by atoms with Gasteiger partial charge in [0.15, 0.2) is 0 Å². The predicted molar refractivity (Wildman–Crippen MR) is 66.6 cm³/mol. The summed E-state index contributed by atoms with van der Waals surface area (Å²) in [5.74, 6) is 0.255. The minimum atomic E-state index is -1.03. The summed E-state index contributed by atoms with van der Waals surface area (Å²) in [4.78, 5) is 21.5. The van der Waals surface area contributed by atoms with Crippen LogP contribution in [0.2, 0.25) is 0 Å². The van der Waals surface area contributed by atoms with Crippen LogP contribution in [0.3, 0.4) is 0 Å². The van der Waals surface area contributed by atoms with Gasteiger partial charge in [0.2, 0.25) is 0 Å². The van der Waals surface area contributed by atoms with Gasteiger partial charge in [-0.3, -0.25) is 4.79 Å². The van der Waals surface area contributed by atoms with E-state index in [1.165, 1.54) is 6.07 Å². The molecule has 1 aromatic carbocycles. The van der Waals surface area contributed by atoms with Gasteiger partial charge in [-0.1, -0.05) is 12.1 Å². The highest BCUT2D eigenvalue weighted by molar-refractivity contribution is 5.88. The van der Waals surface area contributed by atoms with E-state index in [1.807, 2.05) is 0 Å². The monoisotopic (exact) mass is 260 g/mol. The third kappa shape index (κ3) is 3.01. The van der Waals surface area contributed by atoms with E-state index < -0.39 is 5.97 Å². The summed E-state index contributed by atoms with van der Waals surface area (Å²) in [6.07, 6.45) is 0.729. The molecule has 0 aliphatic carbocycles. The molecule has 0 saturated carbocycles. The number of aromatic carboxylic acids is 1. The number of hydrogen-bond donors (Lipinski definition) is 1. The number of hydrogen-bond acceptors (Lipinski definition) is 4. The fraction of sp³-hybridized carbons (Fsp3) is 0.143. The number of ether oxygens (including phenoxy) is 1. The molecule has 0 amide bonds. The first-order valence-electron chi connectivity index (χ1n) is 5.61. The van der Waals surface area contributed by atoms with Gasteiger partial charge in [0.1, 0.15) is 35.7 Å². The van der Waals surface area contributed by atoms with Crippen molar-refractivity contribution in [2.24, 2.45) is 0 Å². The fourth-order valence-corrected chi connectivity index (χ4v) is 1.66. The third-order valence-corrected chi connectivity index (χ3v) is 2.57. The van der Waals surface area contributed by atoms with E-state index in [-0.39, 0.29) is 12.2 Å². The summed E-state index contributed by atoms with van der Waals surface area (Å²) >= 11 is 0. The number of carbonyl (C=O) groups is 2. The van der Waals surface area contributed by atoms with Crippen LogP contribution in [-0.2, 0) is 6.61 Å². The van der Waals surface area contributed by atoms with Crippen LogP contribution < -0.4 is 4.74 Å². The fourth-order valence-electron chi connectivity index (χ4n) is 1.66. The van der Waals surface area contributed by atoms with Gasteiger partial charge in [-0.15, -0.1) is 0 Å². The Hall–Kier alpha value is -2.56. The van der Waals surface area contributed by atoms with Crippen LogP contribution in [-0.4, -0.2) is 17.4 Å². The Morgan fingerprint density at radius 3 is 2.84 bits per heavy atom. The molecular formula is C14H12O5. The number of carboxylic acids is 1. The number of benzene rings is 1. The van der Waals surface area contributed by atoms with Gasteiger partial charge in [0.25, 0.3) is 0 Å². The molecule has 0 fully saturated rings. The normalized spacial score (nSPS) is 10.2. The maximum Gasteiger partial charge on any atom is 0.339 e. The third-order valence-electron chi connectivity index (χ3n) is 2.57. The lowest BCUT2D eigenvalue weighted by Gasteiger charge is -2.04. The summed E-state index contributed by atoms with van der Waals surface area (Å²) in [7, 11) is 0. The van der Waals surface area contributed by atoms with Gasteiger partial charge in [-0.05, 0) is 25.1 Å². The van der Waals surface area contributed by atoms with Crippen molar-refractivity contribution in [3.8, 4) is 5.75 Å². The average molecular weight is 260 g/mol. The van der Waals surface area contributed by atoms with Crippen molar-refractivity contribution in [1.82, 2.24) is 0 Å². The van der Waals surface area contributed by atoms with Crippen LogP contribution >= 0.6 is 0 Å². The molecule has 0 atom stereocenters. The van der Waals surface area contributed by atoms with E-state index in [0.717, 1.165) is 6.29 Å². The number of aldehydes is 1. The SMILES string of the molecule is Cc1oc(COc2cccc(C=O)c2)cc1C(=O)O. The van der Waals surface area contributed by atoms with Gasteiger partial charge in [-0.2, -0.15) is 0 Å². The predicted octanol–water partition coefficient (Wildman–Crippen LogP) is 2.68. The van der Waals surface area contributed by atoms with Crippen molar-refractivity contribution in [2.75, 3.05) is 0 Å². The van der Waals surface area contributed by atoms with E-state index in [4.69, 9.17) is 14.3 Å². The smallest absolute Gasteiger partial charge is 0.339 e. The second kappa shape index (κ2) is 5.39. The van der Waals surface area contributed by atoms with E-state index in [2.05, 4.69) is 0 Å². The highest BCUT2D eigenvalue weighted by atomic mass is 16.5. The van der Waals surface area contributed by atoms with Crippen LogP contribution in [0.25, 0.3) is 0 Å². The molecule has 2 rings (SSSR count). The highest BCUT2D eigenvalue weighted by Crippen LogP contribution is 2.18. The van der Waals surface area contributed by atoms with Gasteiger partial charge in [-0.25, -0.2) is 4.79 Å². The maximum absolute atomic E-state index is 10.9. The Morgan fingerprint density at radius 1 is 1.42 bits per heavy atom. The topological polar surface area (TPSA) is 76.7 Å². The molecule has 0 bridgehead atoms. The lowest BCUT2D eigenvalue weighted by atomic mass is 10.2. The molecule has 0 aliphatic rings. The molecule has 2 aromatic rings. The minimum Gasteiger partial charge on any atom is -0.486 e. The zero-order chi connectivity index (χ0) is 13.8. The van der Waals surface area contributed by atoms with Crippen LogP contribution in [0.1, 0.15) is 32.2 Å². The highest BCUT2D eigenvalue weighted by Gasteiger charge is 2.13. The molecule has 0 aliphatic heterocycles. The van der Waals surface area contributed by atoms with Crippen LogP contribution in [0.4, 0.5) is 0 Å². The molecule has 0 unspecified atom stereocenters. The number of rotatable bonds is 5. The lowest BCUT2D eigenvalue weighted by molar-refractivity contribution is 0.0695. The summed E-state index contributed by atoms with van der Waals surface area (Å²) in [6, 6.07) is 8.11. The van der Waals surface area contributed by atoms with Gasteiger partial charge >= 0.3 is 5.97 Å². The molecule has 0 radical (unpaired) electrons. The second-order valence-corrected chi connectivity index (χ2v) is 3.97. The molecule has 98 valence electrons. The first-order valence-corrected chi connectivity index (χ1v) is 5.61. The summed E-state index contributed by atoms with van der Waals surface area (Å²) < 4.78 is 10.7. The largest absolute Gasteiger partial charge is 0.486 e. The van der Waals surface area contributed by atoms with Crippen molar-refractivity contribution >= 4 is 12.3 Å². The Labute approximate surface area is 109 Å². The summed E-state index contributed by atoms with van der Waals surface area (Å²) in [5, 5.41) is 8.89. The first kappa shape index (κ1) is 12.9. The van der Waals surface area contributed by atoms with E-state index in [9.17, 15) is 9.59 Å². The van der Waals surface area contributed by atoms with Crippen LogP contribution in [0, 0.1) is 6.92 Å². The van der Waals surface area contributed by atoms with Gasteiger partial charge in [0.05, 0.1) is 0 Å². The maximum atomic E-state index is 10.9. The molecule has 19 heavy (non-hydrogen) atoms. The Morgan fingerprint density at radius 2 is 2.21 bits per heavy atom. The molecule has 5 heteroatoms. The van der Waals surface area contributed by atoms with Crippen LogP contribution in [0.15, 0.2) is 34.7 Å². The minimum absolute atomic E-state index is 0.108. The summed E-state index contributed by atoms with van der Waals surface area (Å²) in [6.45, 7) is 1.69. The first-order chi connectivity index (χ1) is 9.10. The lowest BCUT2D eigenvalue weighted by Crippen LogP contribution is -1.96. The zero-order valence-corrected chi connectivity index (χ0v) is 10.3. The Bertz CT molecular complexity index is 612. The number of furan rings is 1. The Balaban J connectivity index is 2.07. The zero-order valence-electron chi connectivity index (χ0n) is 10.3. The molecule has 0 saturated heterocycles. The van der Waals surface area contributed by atoms with Crippen molar-refractivity contribution in [2.45, 2.75) is 13.5 Å². The summed E-state index contributed by atoms with van der Waals surface area (Å²) in [5.41, 5.74) is 0.639. The van der Waals surface area contributed by atoms with Crippen molar-refractivity contribution in [3.05, 3.63) is 53.0 Å².